The summed E-state index contributed by atoms with van der Waals surface area (Å²) < 4.78 is 7.43. The van der Waals surface area contributed by atoms with Crippen LogP contribution in [0.4, 0.5) is 4.79 Å². The molecule has 0 spiro atoms. The van der Waals surface area contributed by atoms with Crippen LogP contribution in [0.3, 0.4) is 0 Å². The van der Waals surface area contributed by atoms with E-state index in [1.807, 2.05) is 24.3 Å². The van der Waals surface area contributed by atoms with Crippen molar-refractivity contribution in [3.8, 4) is 11.1 Å². The third-order valence-corrected chi connectivity index (χ3v) is 5.86. The molecule has 2 heterocycles. The number of H-pyrrole nitrogens is 1. The van der Waals surface area contributed by atoms with E-state index in [-0.39, 0.29) is 17.6 Å². The highest BCUT2D eigenvalue weighted by atomic mass is 16.6. The SMILES string of the molecule is Cn1[nH]c(=O)c2c1CN(C(=O)OCC1c3ccccc3-c3ccccc31)CC2. The molecule has 0 radical (unpaired) electrons. The third-order valence-electron chi connectivity index (χ3n) is 5.86. The number of ether oxygens (including phenoxy) is 1. The van der Waals surface area contributed by atoms with Crippen molar-refractivity contribution >= 4 is 6.09 Å². The van der Waals surface area contributed by atoms with Crippen LogP contribution in [0.5, 0.6) is 0 Å². The van der Waals surface area contributed by atoms with Crippen LogP contribution in [-0.2, 0) is 24.8 Å². The van der Waals surface area contributed by atoms with E-state index in [9.17, 15) is 9.59 Å². The van der Waals surface area contributed by atoms with Gasteiger partial charge in [-0.1, -0.05) is 48.5 Å². The minimum absolute atomic E-state index is 0.0494. The van der Waals surface area contributed by atoms with Gasteiger partial charge in [0.15, 0.2) is 0 Å². The van der Waals surface area contributed by atoms with Gasteiger partial charge in [-0.25, -0.2) is 4.79 Å². The number of nitrogens with one attached hydrogen (secondary N) is 1. The number of carbonyl (C=O) groups is 1. The predicted octanol–water partition coefficient (Wildman–Crippen LogP) is 3.02. The third kappa shape index (κ3) is 2.56. The maximum atomic E-state index is 12.7. The average Bonchev–Trinajstić information content (AvgIpc) is 3.20. The average molecular weight is 375 g/mol. The van der Waals surface area contributed by atoms with Gasteiger partial charge in [0, 0.05) is 25.1 Å². The zero-order chi connectivity index (χ0) is 19.3. The van der Waals surface area contributed by atoms with E-state index in [4.69, 9.17) is 4.74 Å². The lowest BCUT2D eigenvalue weighted by atomic mass is 9.98. The normalized spacial score (nSPS) is 15.1. The van der Waals surface area contributed by atoms with Crippen LogP contribution in [0.1, 0.15) is 28.3 Å². The lowest BCUT2D eigenvalue weighted by Crippen LogP contribution is -2.38. The molecule has 0 saturated heterocycles. The monoisotopic (exact) mass is 375 g/mol. The van der Waals surface area contributed by atoms with Crippen LogP contribution in [0.15, 0.2) is 53.3 Å². The number of aryl methyl sites for hydroxylation is 1. The summed E-state index contributed by atoms with van der Waals surface area (Å²) in [6, 6.07) is 16.6. The molecule has 1 aliphatic heterocycles. The molecule has 2 aromatic carbocycles. The first-order valence-corrected chi connectivity index (χ1v) is 9.50. The molecule has 1 N–H and O–H groups in total. The zero-order valence-corrected chi connectivity index (χ0v) is 15.6. The Kier molecular flexibility index (Phi) is 3.86. The van der Waals surface area contributed by atoms with E-state index < -0.39 is 0 Å². The fourth-order valence-electron chi connectivity index (χ4n) is 4.43. The Labute approximate surface area is 162 Å². The fraction of sp³-hybridized carbons (Fsp3) is 0.273. The lowest BCUT2D eigenvalue weighted by molar-refractivity contribution is 0.0944. The second-order valence-corrected chi connectivity index (χ2v) is 7.40. The summed E-state index contributed by atoms with van der Waals surface area (Å²) in [6.07, 6.45) is 0.219. The number of carbonyl (C=O) groups excluding carboxylic acids is 1. The van der Waals surface area contributed by atoms with Gasteiger partial charge in [0.1, 0.15) is 6.61 Å². The number of fused-ring (bicyclic) bond motifs is 4. The summed E-state index contributed by atoms with van der Waals surface area (Å²) in [7, 11) is 1.79. The molecule has 0 fully saturated rings. The van der Waals surface area contributed by atoms with Gasteiger partial charge in [0.25, 0.3) is 5.56 Å². The Morgan fingerprint density at radius 1 is 1.11 bits per heavy atom. The van der Waals surface area contributed by atoms with Gasteiger partial charge >= 0.3 is 6.09 Å². The molecule has 6 heteroatoms. The number of rotatable bonds is 2. The number of amides is 1. The maximum Gasteiger partial charge on any atom is 0.410 e. The Balaban J connectivity index is 1.34. The van der Waals surface area contributed by atoms with Crippen LogP contribution < -0.4 is 5.56 Å². The van der Waals surface area contributed by atoms with Crippen molar-refractivity contribution in [2.45, 2.75) is 18.9 Å². The molecule has 1 amide bonds. The molecule has 5 rings (SSSR count). The maximum absolute atomic E-state index is 12.7. The Hall–Kier alpha value is -3.28. The van der Waals surface area contributed by atoms with Crippen LogP contribution >= 0.6 is 0 Å². The molecule has 1 aromatic heterocycles. The van der Waals surface area contributed by atoms with Gasteiger partial charge in [-0.05, 0) is 28.7 Å². The van der Waals surface area contributed by atoms with E-state index in [0.717, 1.165) is 11.3 Å². The summed E-state index contributed by atoms with van der Waals surface area (Å²) in [5.74, 6) is 0.0494. The molecule has 2 aliphatic rings. The van der Waals surface area contributed by atoms with Gasteiger partial charge in [0.2, 0.25) is 0 Å². The predicted molar refractivity (Wildman–Crippen MR) is 105 cm³/mol. The summed E-state index contributed by atoms with van der Waals surface area (Å²) in [4.78, 5) is 26.3. The highest BCUT2D eigenvalue weighted by Crippen LogP contribution is 2.44. The van der Waals surface area contributed by atoms with Crippen LogP contribution in [0.25, 0.3) is 11.1 Å². The van der Waals surface area contributed by atoms with E-state index >= 15 is 0 Å². The molecular weight excluding hydrogens is 354 g/mol. The first-order chi connectivity index (χ1) is 13.6. The summed E-state index contributed by atoms with van der Waals surface area (Å²) in [5.41, 5.74) is 6.38. The van der Waals surface area contributed by atoms with Crippen LogP contribution in [-0.4, -0.2) is 33.9 Å². The summed E-state index contributed by atoms with van der Waals surface area (Å²) >= 11 is 0. The molecule has 3 aromatic rings. The quantitative estimate of drug-likeness (QED) is 0.749. The second kappa shape index (κ2) is 6.41. The lowest BCUT2D eigenvalue weighted by Gasteiger charge is -2.27. The van der Waals surface area contributed by atoms with Crippen LogP contribution in [0.2, 0.25) is 0 Å². The van der Waals surface area contributed by atoms with E-state index in [2.05, 4.69) is 29.4 Å². The topological polar surface area (TPSA) is 67.3 Å². The summed E-state index contributed by atoms with van der Waals surface area (Å²) in [5, 5.41) is 2.76. The van der Waals surface area contributed by atoms with Crippen molar-refractivity contribution in [1.82, 2.24) is 14.7 Å². The highest BCUT2D eigenvalue weighted by molar-refractivity contribution is 5.79. The standard InChI is InChI=1S/C22H21N3O3/c1-24-20-12-25(11-10-18(20)21(26)23-24)22(27)28-13-19-16-8-4-2-6-14(16)15-7-3-5-9-17(15)19/h2-9,19H,10-13H2,1H3,(H,23,26). The first kappa shape index (κ1) is 16.9. The Bertz CT molecular complexity index is 1080. The van der Waals surface area contributed by atoms with Crippen molar-refractivity contribution < 1.29 is 9.53 Å². The highest BCUT2D eigenvalue weighted by Gasteiger charge is 2.31. The second-order valence-electron chi connectivity index (χ2n) is 7.40. The van der Waals surface area contributed by atoms with Gasteiger partial charge in [-0.3, -0.25) is 14.6 Å². The number of hydrogen-bond donors (Lipinski definition) is 1. The van der Waals surface area contributed by atoms with Crippen molar-refractivity contribution in [2.24, 2.45) is 7.05 Å². The molecule has 6 nitrogen and oxygen atoms in total. The van der Waals surface area contributed by atoms with E-state index in [0.29, 0.717) is 26.1 Å². The molecule has 0 unspecified atom stereocenters. The number of benzene rings is 2. The molecule has 28 heavy (non-hydrogen) atoms. The zero-order valence-electron chi connectivity index (χ0n) is 15.6. The van der Waals surface area contributed by atoms with E-state index in [1.54, 1.807) is 16.6 Å². The Morgan fingerprint density at radius 2 is 1.75 bits per heavy atom. The number of hydrogen-bond acceptors (Lipinski definition) is 3. The van der Waals surface area contributed by atoms with Gasteiger partial charge in [-0.2, -0.15) is 0 Å². The molecule has 1 aliphatic carbocycles. The number of nitrogens with zero attached hydrogens (tertiary/aromatic N) is 2. The summed E-state index contributed by atoms with van der Waals surface area (Å²) in [6.45, 7) is 1.19. The van der Waals surface area contributed by atoms with Crippen LogP contribution in [0, 0.1) is 0 Å². The minimum atomic E-state index is -0.332. The Morgan fingerprint density at radius 3 is 2.43 bits per heavy atom. The van der Waals surface area contributed by atoms with Gasteiger partial charge in [-0.15, -0.1) is 0 Å². The van der Waals surface area contributed by atoms with Gasteiger partial charge in [0.05, 0.1) is 12.2 Å². The molecule has 0 bridgehead atoms. The number of aromatic amines is 1. The molecule has 142 valence electrons. The van der Waals surface area contributed by atoms with Crippen molar-refractivity contribution in [3.05, 3.63) is 81.3 Å². The smallest absolute Gasteiger partial charge is 0.410 e. The van der Waals surface area contributed by atoms with Crippen molar-refractivity contribution in [1.29, 1.82) is 0 Å². The molecular formula is C22H21N3O3. The largest absolute Gasteiger partial charge is 0.448 e. The van der Waals surface area contributed by atoms with Crippen molar-refractivity contribution in [2.75, 3.05) is 13.2 Å². The molecule has 0 atom stereocenters. The first-order valence-electron chi connectivity index (χ1n) is 9.50. The van der Waals surface area contributed by atoms with Gasteiger partial charge < -0.3 is 9.64 Å². The number of aromatic nitrogens is 2. The fourth-order valence-corrected chi connectivity index (χ4v) is 4.43. The van der Waals surface area contributed by atoms with E-state index in [1.165, 1.54) is 22.3 Å². The van der Waals surface area contributed by atoms with Crippen molar-refractivity contribution in [3.63, 3.8) is 0 Å². The molecule has 0 saturated carbocycles. The minimum Gasteiger partial charge on any atom is -0.448 e.